The van der Waals surface area contributed by atoms with Crippen LogP contribution in [0.25, 0.3) is 21.8 Å². The maximum Gasteiger partial charge on any atom is 0.140 e. The second-order valence-corrected chi connectivity index (χ2v) is 6.52. The molecule has 5 heteroatoms. The molecule has 0 aliphatic rings. The predicted molar refractivity (Wildman–Crippen MR) is 95.7 cm³/mol. The molecular formula is C20H14FNO2S. The van der Waals surface area contributed by atoms with Crippen molar-refractivity contribution in [2.24, 2.45) is 0 Å². The Morgan fingerprint density at radius 2 is 2.04 bits per heavy atom. The highest BCUT2D eigenvalue weighted by Crippen LogP contribution is 2.42. The highest BCUT2D eigenvalue weighted by Gasteiger charge is 2.25. The molecule has 0 spiro atoms. The van der Waals surface area contributed by atoms with Gasteiger partial charge in [0.25, 0.3) is 0 Å². The zero-order valence-corrected chi connectivity index (χ0v) is 13.9. The molecule has 3 aromatic heterocycles. The number of aliphatic hydroxyl groups is 1. The molecule has 25 heavy (non-hydrogen) atoms. The summed E-state index contributed by atoms with van der Waals surface area (Å²) in [4.78, 5) is 5.05. The fourth-order valence-electron chi connectivity index (χ4n) is 2.82. The Morgan fingerprint density at radius 1 is 1.12 bits per heavy atom. The molecule has 1 aromatic carbocycles. The summed E-state index contributed by atoms with van der Waals surface area (Å²) in [5, 5.41) is 12.9. The number of aliphatic hydroxyl groups excluding tert-OH is 1. The predicted octanol–water partition coefficient (Wildman–Crippen LogP) is 5.29. The Bertz CT molecular complexity index is 980. The van der Waals surface area contributed by atoms with Crippen molar-refractivity contribution in [2.75, 3.05) is 0 Å². The van der Waals surface area contributed by atoms with Crippen LogP contribution in [0, 0.1) is 5.82 Å². The molecule has 1 atom stereocenters. The summed E-state index contributed by atoms with van der Waals surface area (Å²) >= 11 is 1.55. The van der Waals surface area contributed by atoms with E-state index in [4.69, 9.17) is 4.42 Å². The maximum atomic E-state index is 13.7. The van der Waals surface area contributed by atoms with E-state index in [0.717, 1.165) is 10.4 Å². The van der Waals surface area contributed by atoms with Gasteiger partial charge >= 0.3 is 0 Å². The van der Waals surface area contributed by atoms with Crippen molar-refractivity contribution in [2.45, 2.75) is 6.10 Å². The van der Waals surface area contributed by atoms with Crippen molar-refractivity contribution in [1.82, 2.24) is 4.98 Å². The SMILES string of the molecule is OC(c1cccnc1)c1c(-c2cccs2)coc1-c1cccc(F)c1. The van der Waals surface area contributed by atoms with Gasteiger partial charge in [-0.1, -0.05) is 24.3 Å². The monoisotopic (exact) mass is 351 g/mol. The molecule has 3 nitrogen and oxygen atoms in total. The minimum Gasteiger partial charge on any atom is -0.463 e. The van der Waals surface area contributed by atoms with Crippen LogP contribution in [0.15, 0.2) is 77.0 Å². The molecule has 1 N–H and O–H groups in total. The van der Waals surface area contributed by atoms with Crippen LogP contribution in [-0.2, 0) is 0 Å². The first-order valence-corrected chi connectivity index (χ1v) is 8.61. The lowest BCUT2D eigenvalue weighted by atomic mass is 9.96. The van der Waals surface area contributed by atoms with E-state index in [-0.39, 0.29) is 5.82 Å². The first-order chi connectivity index (χ1) is 12.2. The van der Waals surface area contributed by atoms with Gasteiger partial charge in [-0.3, -0.25) is 4.98 Å². The summed E-state index contributed by atoms with van der Waals surface area (Å²) in [7, 11) is 0. The van der Waals surface area contributed by atoms with E-state index < -0.39 is 6.10 Å². The molecule has 4 rings (SSSR count). The lowest BCUT2D eigenvalue weighted by Gasteiger charge is -2.13. The lowest BCUT2D eigenvalue weighted by Crippen LogP contribution is -2.02. The number of aromatic nitrogens is 1. The van der Waals surface area contributed by atoms with Crippen LogP contribution in [0.1, 0.15) is 17.2 Å². The van der Waals surface area contributed by atoms with E-state index in [1.54, 1.807) is 54.3 Å². The number of hydrogen-bond donors (Lipinski definition) is 1. The van der Waals surface area contributed by atoms with Gasteiger partial charge in [-0.2, -0.15) is 0 Å². The van der Waals surface area contributed by atoms with Crippen molar-refractivity contribution < 1.29 is 13.9 Å². The van der Waals surface area contributed by atoms with E-state index in [0.29, 0.717) is 22.5 Å². The summed E-state index contributed by atoms with van der Waals surface area (Å²) in [5.74, 6) is 0.104. The molecular weight excluding hydrogens is 337 g/mol. The van der Waals surface area contributed by atoms with Gasteiger partial charge in [0.05, 0.1) is 0 Å². The molecule has 0 bridgehead atoms. The van der Waals surface area contributed by atoms with Gasteiger partial charge < -0.3 is 9.52 Å². The molecule has 124 valence electrons. The Kier molecular flexibility index (Phi) is 4.17. The number of halogens is 1. The molecule has 0 saturated heterocycles. The molecule has 0 amide bonds. The highest BCUT2D eigenvalue weighted by atomic mass is 32.1. The fourth-order valence-corrected chi connectivity index (χ4v) is 3.56. The first-order valence-electron chi connectivity index (χ1n) is 7.73. The van der Waals surface area contributed by atoms with Crippen molar-refractivity contribution in [3.8, 4) is 21.8 Å². The van der Waals surface area contributed by atoms with Gasteiger partial charge in [-0.25, -0.2) is 4.39 Å². The zero-order chi connectivity index (χ0) is 17.2. The summed E-state index contributed by atoms with van der Waals surface area (Å²) in [6.07, 6.45) is 3.95. The van der Waals surface area contributed by atoms with Gasteiger partial charge in [0, 0.05) is 39.5 Å². The third kappa shape index (κ3) is 2.99. The van der Waals surface area contributed by atoms with Gasteiger partial charge in [0.2, 0.25) is 0 Å². The topological polar surface area (TPSA) is 46.3 Å². The standard InChI is InChI=1S/C20H14FNO2S/c21-15-6-1-4-13(10-15)20-18(19(23)14-5-2-8-22-11-14)16(12-24-20)17-7-3-9-25-17/h1-12,19,23H. The minimum atomic E-state index is -0.928. The smallest absolute Gasteiger partial charge is 0.140 e. The van der Waals surface area contributed by atoms with E-state index in [1.807, 2.05) is 17.5 Å². The molecule has 0 aliphatic carbocycles. The highest BCUT2D eigenvalue weighted by molar-refractivity contribution is 7.13. The van der Waals surface area contributed by atoms with Crippen LogP contribution in [0.2, 0.25) is 0 Å². The average Bonchev–Trinajstić information content (AvgIpc) is 3.31. The Labute approximate surface area is 148 Å². The van der Waals surface area contributed by atoms with Crippen molar-refractivity contribution in [3.05, 3.63) is 89.5 Å². The summed E-state index contributed by atoms with van der Waals surface area (Å²) in [6.45, 7) is 0. The zero-order valence-electron chi connectivity index (χ0n) is 13.1. The van der Waals surface area contributed by atoms with Crippen molar-refractivity contribution in [1.29, 1.82) is 0 Å². The Morgan fingerprint density at radius 3 is 2.76 bits per heavy atom. The van der Waals surface area contributed by atoms with Crippen LogP contribution in [0.4, 0.5) is 4.39 Å². The number of rotatable bonds is 4. The molecule has 0 aliphatic heterocycles. The Balaban J connectivity index is 1.91. The molecule has 4 aromatic rings. The van der Waals surface area contributed by atoms with Gasteiger partial charge in [-0.15, -0.1) is 11.3 Å². The van der Waals surface area contributed by atoms with E-state index in [2.05, 4.69) is 4.98 Å². The molecule has 3 heterocycles. The van der Waals surface area contributed by atoms with E-state index in [1.165, 1.54) is 12.1 Å². The Hall–Kier alpha value is -2.76. The third-order valence-corrected chi connectivity index (χ3v) is 4.88. The lowest BCUT2D eigenvalue weighted by molar-refractivity contribution is 0.220. The van der Waals surface area contributed by atoms with Crippen LogP contribution in [0.3, 0.4) is 0 Å². The second kappa shape index (κ2) is 6.63. The van der Waals surface area contributed by atoms with Crippen LogP contribution >= 0.6 is 11.3 Å². The number of nitrogens with zero attached hydrogens (tertiary/aromatic N) is 1. The van der Waals surface area contributed by atoms with E-state index >= 15 is 0 Å². The van der Waals surface area contributed by atoms with Crippen molar-refractivity contribution >= 4 is 11.3 Å². The van der Waals surface area contributed by atoms with Gasteiger partial charge in [-0.05, 0) is 29.6 Å². The number of hydrogen-bond acceptors (Lipinski definition) is 4. The molecule has 0 radical (unpaired) electrons. The molecule has 0 fully saturated rings. The molecule has 0 saturated carbocycles. The summed E-state index contributed by atoms with van der Waals surface area (Å²) in [6, 6.07) is 13.6. The van der Waals surface area contributed by atoms with Gasteiger partial charge in [0.15, 0.2) is 0 Å². The van der Waals surface area contributed by atoms with Gasteiger partial charge in [0.1, 0.15) is 23.9 Å². The quantitative estimate of drug-likeness (QED) is 0.543. The summed E-state index contributed by atoms with van der Waals surface area (Å²) < 4.78 is 19.4. The van der Waals surface area contributed by atoms with Crippen LogP contribution in [-0.4, -0.2) is 10.1 Å². The maximum absolute atomic E-state index is 13.7. The van der Waals surface area contributed by atoms with Crippen LogP contribution in [0.5, 0.6) is 0 Å². The second-order valence-electron chi connectivity index (χ2n) is 5.57. The minimum absolute atomic E-state index is 0.353. The fraction of sp³-hybridized carbons (Fsp3) is 0.0500. The average molecular weight is 351 g/mol. The third-order valence-electron chi connectivity index (χ3n) is 3.98. The van der Waals surface area contributed by atoms with Crippen molar-refractivity contribution in [3.63, 3.8) is 0 Å². The number of thiophene rings is 1. The largest absolute Gasteiger partial charge is 0.463 e. The number of furan rings is 1. The number of pyridine rings is 1. The van der Waals surface area contributed by atoms with E-state index in [9.17, 15) is 9.50 Å². The van der Waals surface area contributed by atoms with Crippen LogP contribution < -0.4 is 0 Å². The summed E-state index contributed by atoms with van der Waals surface area (Å²) in [5.41, 5.74) is 2.65. The molecule has 1 unspecified atom stereocenters. The first kappa shape index (κ1) is 15.7. The number of benzene rings is 1. The normalized spacial score (nSPS) is 12.2.